The molecule has 1 saturated carbocycles. The topological polar surface area (TPSA) is 83.5 Å². The van der Waals surface area contributed by atoms with Crippen molar-refractivity contribution in [1.82, 2.24) is 4.72 Å². The molecule has 1 aliphatic rings. The smallest absolute Gasteiger partial charge is 0.303 e. The van der Waals surface area contributed by atoms with Gasteiger partial charge in [-0.3, -0.25) is 4.79 Å². The number of aryl methyl sites for hydroxylation is 1. The quantitative estimate of drug-likeness (QED) is 0.544. The summed E-state index contributed by atoms with van der Waals surface area (Å²) in [7, 11) is -3.48. The Morgan fingerprint density at radius 2 is 2.00 bits per heavy atom. The molecular weight excluding hydrogens is 338 g/mol. The molecule has 2 unspecified atom stereocenters. The molecule has 6 heteroatoms. The second-order valence-corrected chi connectivity index (χ2v) is 8.49. The number of hydrogen-bond donors (Lipinski definition) is 2. The van der Waals surface area contributed by atoms with Crippen LogP contribution < -0.4 is 4.72 Å². The average Bonchev–Trinajstić information content (AvgIpc) is 2.54. The molecule has 0 amide bonds. The number of hydrogen-bond acceptors (Lipinski definition) is 3. The lowest BCUT2D eigenvalue weighted by atomic mass is 9.86. The van der Waals surface area contributed by atoms with Crippen LogP contribution in [-0.4, -0.2) is 25.5 Å². The van der Waals surface area contributed by atoms with E-state index in [4.69, 9.17) is 5.11 Å². The highest BCUT2D eigenvalue weighted by Crippen LogP contribution is 2.27. The highest BCUT2D eigenvalue weighted by atomic mass is 32.2. The minimum absolute atomic E-state index is 0.0475. The molecule has 0 heterocycles. The van der Waals surface area contributed by atoms with Crippen molar-refractivity contribution in [3.05, 3.63) is 42.0 Å². The lowest BCUT2D eigenvalue weighted by Crippen LogP contribution is -2.38. The SMILES string of the molecule is Cc1ccc(S(=O)(=O)NC2CCCC(C=CCCCC(=O)O)C2)cc1. The van der Waals surface area contributed by atoms with Gasteiger partial charge >= 0.3 is 5.97 Å². The molecule has 0 radical (unpaired) electrons. The summed E-state index contributed by atoms with van der Waals surface area (Å²) in [6.07, 6.45) is 9.43. The first-order valence-corrected chi connectivity index (χ1v) is 10.3. The van der Waals surface area contributed by atoms with E-state index >= 15 is 0 Å². The second kappa shape index (κ2) is 9.15. The Labute approximate surface area is 150 Å². The summed E-state index contributed by atoms with van der Waals surface area (Å²) in [5, 5.41) is 8.62. The minimum atomic E-state index is -3.48. The van der Waals surface area contributed by atoms with E-state index in [-0.39, 0.29) is 12.5 Å². The van der Waals surface area contributed by atoms with Gasteiger partial charge in [-0.05, 0) is 57.1 Å². The average molecular weight is 365 g/mol. The summed E-state index contributed by atoms with van der Waals surface area (Å²) >= 11 is 0. The monoisotopic (exact) mass is 365 g/mol. The number of unbranched alkanes of at least 4 members (excludes halogenated alkanes) is 1. The van der Waals surface area contributed by atoms with Crippen LogP contribution in [0.1, 0.15) is 50.5 Å². The van der Waals surface area contributed by atoms with Gasteiger partial charge in [0.1, 0.15) is 0 Å². The fourth-order valence-electron chi connectivity index (χ4n) is 3.17. The van der Waals surface area contributed by atoms with E-state index in [1.807, 2.05) is 13.0 Å². The maximum atomic E-state index is 12.5. The van der Waals surface area contributed by atoms with Crippen molar-refractivity contribution in [2.45, 2.75) is 62.8 Å². The van der Waals surface area contributed by atoms with Gasteiger partial charge in [0.25, 0.3) is 0 Å². The number of allylic oxidation sites excluding steroid dienone is 2. The normalized spacial score (nSPS) is 21.5. The minimum Gasteiger partial charge on any atom is -0.481 e. The standard InChI is InChI=1S/C19H27NO4S/c1-15-10-12-18(13-11-15)25(23,24)20-17-8-5-7-16(14-17)6-3-2-4-9-19(21)22/h3,6,10-13,16-17,20H,2,4-5,7-9,14H2,1H3,(H,21,22). The van der Waals surface area contributed by atoms with E-state index in [1.165, 1.54) is 0 Å². The molecule has 1 fully saturated rings. The van der Waals surface area contributed by atoms with Crippen LogP contribution >= 0.6 is 0 Å². The summed E-state index contributed by atoms with van der Waals surface area (Å²) in [6.45, 7) is 1.93. The second-order valence-electron chi connectivity index (χ2n) is 6.77. The highest BCUT2D eigenvalue weighted by Gasteiger charge is 2.25. The molecule has 0 aliphatic heterocycles. The van der Waals surface area contributed by atoms with E-state index < -0.39 is 16.0 Å². The Hall–Kier alpha value is -1.66. The van der Waals surface area contributed by atoms with E-state index in [2.05, 4.69) is 10.8 Å². The first-order valence-electron chi connectivity index (χ1n) is 8.84. The lowest BCUT2D eigenvalue weighted by molar-refractivity contribution is -0.137. The van der Waals surface area contributed by atoms with E-state index in [0.717, 1.165) is 37.7 Å². The zero-order valence-electron chi connectivity index (χ0n) is 14.6. The van der Waals surface area contributed by atoms with Gasteiger partial charge in [0.15, 0.2) is 0 Å². The molecular formula is C19H27NO4S. The third kappa shape index (κ3) is 6.63. The number of carbonyl (C=O) groups is 1. The number of benzene rings is 1. The van der Waals surface area contributed by atoms with Gasteiger partial charge in [0.2, 0.25) is 10.0 Å². The van der Waals surface area contributed by atoms with E-state index in [0.29, 0.717) is 17.2 Å². The van der Waals surface area contributed by atoms with Crippen molar-refractivity contribution in [2.24, 2.45) is 5.92 Å². The summed E-state index contributed by atoms with van der Waals surface area (Å²) in [5.74, 6) is -0.416. The summed E-state index contributed by atoms with van der Waals surface area (Å²) in [4.78, 5) is 10.8. The third-order valence-corrected chi connectivity index (χ3v) is 6.07. The van der Waals surface area contributed by atoms with Gasteiger partial charge in [-0.15, -0.1) is 0 Å². The zero-order chi connectivity index (χ0) is 18.3. The van der Waals surface area contributed by atoms with Gasteiger partial charge < -0.3 is 5.11 Å². The maximum absolute atomic E-state index is 12.5. The van der Waals surface area contributed by atoms with E-state index in [9.17, 15) is 13.2 Å². The molecule has 138 valence electrons. The van der Waals surface area contributed by atoms with Crippen LogP contribution in [0.2, 0.25) is 0 Å². The molecule has 5 nitrogen and oxygen atoms in total. The predicted molar refractivity (Wildman–Crippen MR) is 97.9 cm³/mol. The van der Waals surface area contributed by atoms with Crippen LogP contribution in [0.25, 0.3) is 0 Å². The molecule has 25 heavy (non-hydrogen) atoms. The van der Waals surface area contributed by atoms with Crippen molar-refractivity contribution >= 4 is 16.0 Å². The molecule has 0 saturated heterocycles. The molecule has 0 aromatic heterocycles. The molecule has 0 bridgehead atoms. The largest absolute Gasteiger partial charge is 0.481 e. The van der Waals surface area contributed by atoms with Crippen molar-refractivity contribution in [2.75, 3.05) is 0 Å². The van der Waals surface area contributed by atoms with Crippen LogP contribution in [0.15, 0.2) is 41.3 Å². The summed E-state index contributed by atoms with van der Waals surface area (Å²) < 4.78 is 27.8. The Bertz CT molecular complexity index is 695. The fourth-order valence-corrected chi connectivity index (χ4v) is 4.46. The van der Waals surface area contributed by atoms with Crippen LogP contribution in [0, 0.1) is 12.8 Å². The Kier molecular flexibility index (Phi) is 7.20. The third-order valence-electron chi connectivity index (χ3n) is 4.54. The van der Waals surface area contributed by atoms with Crippen molar-refractivity contribution in [3.63, 3.8) is 0 Å². The first-order chi connectivity index (χ1) is 11.9. The predicted octanol–water partition coefficient (Wildman–Crippen LogP) is 3.64. The molecule has 2 rings (SSSR count). The zero-order valence-corrected chi connectivity index (χ0v) is 15.5. The van der Waals surface area contributed by atoms with Crippen molar-refractivity contribution in [3.8, 4) is 0 Å². The van der Waals surface area contributed by atoms with Gasteiger partial charge in [-0.1, -0.05) is 36.3 Å². The fraction of sp³-hybridized carbons (Fsp3) is 0.526. The molecule has 1 aliphatic carbocycles. The summed E-state index contributed by atoms with van der Waals surface area (Å²) in [5.41, 5.74) is 1.03. The Morgan fingerprint density at radius 3 is 2.68 bits per heavy atom. The highest BCUT2D eigenvalue weighted by molar-refractivity contribution is 7.89. The molecule has 1 aromatic carbocycles. The molecule has 0 spiro atoms. The number of sulfonamides is 1. The number of aliphatic carboxylic acids is 1. The number of carboxylic acid groups (broad SMARTS) is 1. The Balaban J connectivity index is 1.87. The van der Waals surface area contributed by atoms with Crippen molar-refractivity contribution < 1.29 is 18.3 Å². The molecule has 2 N–H and O–H groups in total. The molecule has 1 aromatic rings. The Morgan fingerprint density at radius 1 is 1.28 bits per heavy atom. The number of rotatable bonds is 8. The number of carboxylic acids is 1. The van der Waals surface area contributed by atoms with Crippen LogP contribution in [0.3, 0.4) is 0 Å². The van der Waals surface area contributed by atoms with Crippen LogP contribution in [-0.2, 0) is 14.8 Å². The van der Waals surface area contributed by atoms with Crippen LogP contribution in [0.4, 0.5) is 0 Å². The first kappa shape index (κ1) is 19.7. The molecule has 2 atom stereocenters. The van der Waals surface area contributed by atoms with Gasteiger partial charge in [0, 0.05) is 12.5 Å². The lowest BCUT2D eigenvalue weighted by Gasteiger charge is -2.28. The van der Waals surface area contributed by atoms with Gasteiger partial charge in [-0.2, -0.15) is 0 Å². The maximum Gasteiger partial charge on any atom is 0.303 e. The summed E-state index contributed by atoms with van der Waals surface area (Å²) in [6, 6.07) is 6.84. The van der Waals surface area contributed by atoms with E-state index in [1.54, 1.807) is 24.3 Å². The van der Waals surface area contributed by atoms with Gasteiger partial charge in [0.05, 0.1) is 4.90 Å². The van der Waals surface area contributed by atoms with Crippen molar-refractivity contribution in [1.29, 1.82) is 0 Å². The van der Waals surface area contributed by atoms with Gasteiger partial charge in [-0.25, -0.2) is 13.1 Å². The number of nitrogens with one attached hydrogen (secondary N) is 1. The van der Waals surface area contributed by atoms with Crippen LogP contribution in [0.5, 0.6) is 0 Å².